The number of hydrogen-bond donors (Lipinski definition) is 0. The van der Waals surface area contributed by atoms with Crippen molar-refractivity contribution in [3.05, 3.63) is 212 Å². The largest absolute Gasteiger partial charge is 0.456 e. The van der Waals surface area contributed by atoms with Crippen LogP contribution in [0.1, 0.15) is 0 Å². The van der Waals surface area contributed by atoms with Crippen molar-refractivity contribution < 1.29 is 4.42 Å². The average molecular weight is 742 g/mol. The zero-order chi connectivity index (χ0) is 37.5. The highest BCUT2D eigenvalue weighted by Gasteiger charge is 2.36. The number of furan rings is 1. The van der Waals surface area contributed by atoms with E-state index < -0.39 is 8.07 Å². The topological polar surface area (TPSA) is 18.1 Å². The van der Waals surface area contributed by atoms with Gasteiger partial charge < -0.3 is 8.98 Å². The molecule has 0 bridgehead atoms. The van der Waals surface area contributed by atoms with Gasteiger partial charge in [-0.3, -0.25) is 0 Å². The minimum absolute atomic E-state index is 0.898. The molecule has 0 N–H and O–H groups in total. The van der Waals surface area contributed by atoms with E-state index in [1.807, 2.05) is 0 Å². The Bertz CT molecular complexity index is 3270. The lowest BCUT2D eigenvalue weighted by Crippen LogP contribution is -2.72. The van der Waals surface area contributed by atoms with E-state index in [9.17, 15) is 0 Å². The molecule has 3 heterocycles. The molecule has 57 heavy (non-hydrogen) atoms. The van der Waals surface area contributed by atoms with Crippen molar-refractivity contribution in [3.63, 3.8) is 0 Å². The molecule has 0 unspecified atom stereocenters. The summed E-state index contributed by atoms with van der Waals surface area (Å²) in [6, 6.07) is 78.4. The first kappa shape index (κ1) is 32.1. The predicted octanol–water partition coefficient (Wildman–Crippen LogP) is 11.4. The van der Waals surface area contributed by atoms with Crippen LogP contribution in [0.5, 0.6) is 0 Å². The second kappa shape index (κ2) is 12.4. The Kier molecular flexibility index (Phi) is 6.98. The summed E-state index contributed by atoms with van der Waals surface area (Å²) in [7, 11) is -2.83. The fourth-order valence-electron chi connectivity index (χ4n) is 9.80. The van der Waals surface area contributed by atoms with E-state index >= 15 is 0 Å². The van der Waals surface area contributed by atoms with Crippen molar-refractivity contribution in [2.75, 3.05) is 0 Å². The Hall–Kier alpha value is -7.20. The first-order chi connectivity index (χ1) is 28.3. The van der Waals surface area contributed by atoms with Crippen LogP contribution in [0.4, 0.5) is 0 Å². The zero-order valence-corrected chi connectivity index (χ0v) is 32.1. The fourth-order valence-corrected chi connectivity index (χ4v) is 15.0. The van der Waals surface area contributed by atoms with Crippen LogP contribution in [-0.4, -0.2) is 12.6 Å². The first-order valence-corrected chi connectivity index (χ1v) is 21.7. The molecule has 0 radical (unpaired) electrons. The summed E-state index contributed by atoms with van der Waals surface area (Å²) >= 11 is 0. The van der Waals surface area contributed by atoms with Gasteiger partial charge in [0, 0.05) is 27.2 Å². The number of aromatic nitrogens is 1. The quantitative estimate of drug-likeness (QED) is 0.161. The lowest BCUT2D eigenvalue weighted by Gasteiger charge is -2.44. The van der Waals surface area contributed by atoms with E-state index in [0.717, 1.165) is 27.6 Å². The summed E-state index contributed by atoms with van der Waals surface area (Å²) in [6.45, 7) is 0. The summed E-state index contributed by atoms with van der Waals surface area (Å²) in [5.74, 6) is 0. The van der Waals surface area contributed by atoms with Crippen molar-refractivity contribution in [2.24, 2.45) is 0 Å². The molecule has 267 valence electrons. The normalized spacial score (nSPS) is 13.1. The number of rotatable bonds is 5. The van der Waals surface area contributed by atoms with Crippen molar-refractivity contribution in [1.82, 2.24) is 4.57 Å². The van der Waals surface area contributed by atoms with Crippen LogP contribution < -0.4 is 20.7 Å². The number of hydrogen-bond acceptors (Lipinski definition) is 1. The minimum atomic E-state index is -2.83. The fraction of sp³-hybridized carbons (Fsp3) is 0. The predicted molar refractivity (Wildman–Crippen MR) is 242 cm³/mol. The molecule has 0 fully saturated rings. The van der Waals surface area contributed by atoms with E-state index in [1.165, 1.54) is 75.9 Å². The summed E-state index contributed by atoms with van der Waals surface area (Å²) in [6.07, 6.45) is 0. The standard InChI is InChI=1S/C54H35NOSi/c1-2-14-36(15-3-1)37-16-12-17-38(32-37)39-18-13-19-41(33-39)57(53-26-10-6-22-45(53)46-23-7-11-27-54(46)57)42-29-31-52-48(35-42)47-34-40(28-30-51(47)56-52)55-49-24-8-4-20-43(49)44-21-5-9-25-50(44)55/h1-35H/q-1. The Balaban J connectivity index is 1.10. The molecule has 1 aliphatic heterocycles. The van der Waals surface area contributed by atoms with Crippen molar-refractivity contribution >= 4 is 72.6 Å². The van der Waals surface area contributed by atoms with E-state index in [2.05, 4.69) is 217 Å². The number of fused-ring (bicyclic) bond motifs is 9. The second-order valence-electron chi connectivity index (χ2n) is 15.2. The molecule has 2 nitrogen and oxygen atoms in total. The summed E-state index contributed by atoms with van der Waals surface area (Å²) in [5.41, 5.74) is 12.9. The summed E-state index contributed by atoms with van der Waals surface area (Å²) in [5, 5.41) is 10.4. The van der Waals surface area contributed by atoms with E-state index in [-0.39, 0.29) is 0 Å². The van der Waals surface area contributed by atoms with E-state index in [1.54, 1.807) is 0 Å². The Morgan fingerprint density at radius 2 is 0.842 bits per heavy atom. The summed E-state index contributed by atoms with van der Waals surface area (Å²) in [4.78, 5) is 0. The average Bonchev–Trinajstić information content (AvgIpc) is 3.93. The molecule has 12 rings (SSSR count). The molecule has 11 aromatic rings. The lowest BCUT2D eigenvalue weighted by atomic mass is 9.99. The van der Waals surface area contributed by atoms with Crippen molar-refractivity contribution in [3.8, 4) is 39.1 Å². The SMILES string of the molecule is c1ccc(-c2cccc(-c3cccc([Si-]4(c5ccc6oc7ccc(-n8c9ccccc9c9ccccc98)cc7c6c5)c5ccccc5-c5ccccc54)c3)c2)cc1. The molecule has 0 aliphatic carbocycles. The van der Waals surface area contributed by atoms with E-state index in [4.69, 9.17) is 4.42 Å². The molecule has 0 saturated heterocycles. The van der Waals surface area contributed by atoms with Crippen molar-refractivity contribution in [2.45, 2.75) is 0 Å². The maximum Gasteiger partial charge on any atom is 0.135 e. The third-order valence-electron chi connectivity index (χ3n) is 12.3. The number of benzene rings is 9. The third-order valence-corrected chi connectivity index (χ3v) is 17.1. The van der Waals surface area contributed by atoms with Gasteiger partial charge in [-0.05, 0) is 72.8 Å². The molecule has 9 aromatic carbocycles. The van der Waals surface area contributed by atoms with Gasteiger partial charge in [0.2, 0.25) is 0 Å². The maximum atomic E-state index is 6.63. The van der Waals surface area contributed by atoms with Gasteiger partial charge in [-0.15, -0.1) is 0 Å². The Morgan fingerprint density at radius 3 is 1.54 bits per heavy atom. The molecule has 2 aromatic heterocycles. The molecule has 1 aliphatic rings. The van der Waals surface area contributed by atoms with E-state index in [0.29, 0.717) is 0 Å². The highest BCUT2D eigenvalue weighted by molar-refractivity contribution is 7.22. The van der Waals surface area contributed by atoms with Gasteiger partial charge in [-0.25, -0.2) is 0 Å². The second-order valence-corrected chi connectivity index (χ2v) is 19.0. The highest BCUT2D eigenvalue weighted by Crippen LogP contribution is 2.37. The first-order valence-electron chi connectivity index (χ1n) is 19.7. The lowest BCUT2D eigenvalue weighted by molar-refractivity contribution is 0.669. The van der Waals surface area contributed by atoms with Gasteiger partial charge in [-0.1, -0.05) is 181 Å². The Morgan fingerprint density at radius 1 is 0.333 bits per heavy atom. The molecule has 0 saturated carbocycles. The van der Waals surface area contributed by atoms with Crippen LogP contribution in [0.2, 0.25) is 0 Å². The van der Waals surface area contributed by atoms with Crippen molar-refractivity contribution in [1.29, 1.82) is 0 Å². The van der Waals surface area contributed by atoms with Gasteiger partial charge >= 0.3 is 0 Å². The molecule has 0 amide bonds. The van der Waals surface area contributed by atoms with Crippen LogP contribution in [-0.2, 0) is 0 Å². The highest BCUT2D eigenvalue weighted by atomic mass is 28.3. The van der Waals surface area contributed by atoms with Crippen LogP contribution >= 0.6 is 0 Å². The number of nitrogens with zero attached hydrogens (tertiary/aromatic N) is 1. The smallest absolute Gasteiger partial charge is 0.135 e. The van der Waals surface area contributed by atoms with Gasteiger partial charge in [0.1, 0.15) is 11.2 Å². The molecule has 3 heteroatoms. The molecular formula is C54H35NOSi-. The van der Waals surface area contributed by atoms with Gasteiger partial charge in [0.15, 0.2) is 0 Å². The van der Waals surface area contributed by atoms with Crippen LogP contribution in [0.3, 0.4) is 0 Å². The number of para-hydroxylation sites is 2. The Labute approximate surface area is 331 Å². The van der Waals surface area contributed by atoms with Gasteiger partial charge in [0.05, 0.1) is 11.0 Å². The minimum Gasteiger partial charge on any atom is -0.456 e. The summed E-state index contributed by atoms with van der Waals surface area (Å²) < 4.78 is 9.02. The third kappa shape index (κ3) is 4.70. The van der Waals surface area contributed by atoms with Gasteiger partial charge in [0.25, 0.3) is 0 Å². The molecular weight excluding hydrogens is 707 g/mol. The zero-order valence-electron chi connectivity index (χ0n) is 31.1. The monoisotopic (exact) mass is 741 g/mol. The van der Waals surface area contributed by atoms with Crippen LogP contribution in [0.15, 0.2) is 217 Å². The van der Waals surface area contributed by atoms with Crippen LogP contribution in [0.25, 0.3) is 82.8 Å². The maximum absolute atomic E-state index is 6.63. The molecule has 0 spiro atoms. The van der Waals surface area contributed by atoms with Crippen LogP contribution in [0, 0.1) is 0 Å². The molecule has 0 atom stereocenters. The van der Waals surface area contributed by atoms with Gasteiger partial charge in [-0.2, -0.15) is 20.7 Å².